The lowest BCUT2D eigenvalue weighted by Crippen LogP contribution is -2.18. The van der Waals surface area contributed by atoms with E-state index in [-0.39, 0.29) is 5.56 Å². The second-order valence-corrected chi connectivity index (χ2v) is 6.03. The highest BCUT2D eigenvalue weighted by Gasteiger charge is 2.21. The molecule has 2 aromatic heterocycles. The van der Waals surface area contributed by atoms with Crippen LogP contribution in [0.15, 0.2) is 47.5 Å². The molecule has 1 aliphatic rings. The van der Waals surface area contributed by atoms with E-state index in [4.69, 9.17) is 4.74 Å². The van der Waals surface area contributed by atoms with E-state index in [1.54, 1.807) is 6.20 Å². The summed E-state index contributed by atoms with van der Waals surface area (Å²) in [5.74, 6) is 1.33. The molecule has 3 aromatic rings. The summed E-state index contributed by atoms with van der Waals surface area (Å²) in [6, 6.07) is 10.1. The molecule has 0 spiro atoms. The maximum Gasteiger partial charge on any atom is 0.274 e. The van der Waals surface area contributed by atoms with Crippen LogP contribution in [0.1, 0.15) is 35.8 Å². The number of H-pyrrole nitrogens is 1. The molecular weight excluding hydrogens is 290 g/mol. The van der Waals surface area contributed by atoms with Gasteiger partial charge in [0, 0.05) is 37.4 Å². The van der Waals surface area contributed by atoms with E-state index in [0.29, 0.717) is 17.9 Å². The molecule has 1 saturated heterocycles. The number of ether oxygens (including phenoxy) is 1. The van der Waals surface area contributed by atoms with Gasteiger partial charge in [-0.2, -0.15) is 0 Å². The largest absolute Gasteiger partial charge is 0.381 e. The molecule has 1 aromatic carbocycles. The van der Waals surface area contributed by atoms with E-state index in [1.165, 1.54) is 5.56 Å². The molecule has 23 heavy (non-hydrogen) atoms. The lowest BCUT2D eigenvalue weighted by molar-refractivity contribution is 0.0835. The Hall–Kier alpha value is -2.40. The maximum absolute atomic E-state index is 12.3. The van der Waals surface area contributed by atoms with Gasteiger partial charge in [0.2, 0.25) is 0 Å². The number of imidazole rings is 1. The Morgan fingerprint density at radius 1 is 1.22 bits per heavy atom. The molecule has 5 heteroatoms. The Bertz CT molecular complexity index is 861. The van der Waals surface area contributed by atoms with Crippen molar-refractivity contribution < 1.29 is 4.74 Å². The van der Waals surface area contributed by atoms with E-state index in [0.717, 1.165) is 37.6 Å². The highest BCUT2D eigenvalue weighted by atomic mass is 16.5. The van der Waals surface area contributed by atoms with E-state index in [1.807, 2.05) is 28.8 Å². The molecule has 1 aliphatic heterocycles. The fourth-order valence-corrected chi connectivity index (χ4v) is 3.24. The average Bonchev–Trinajstić information content (AvgIpc) is 3.01. The summed E-state index contributed by atoms with van der Waals surface area (Å²) < 4.78 is 7.40. The number of fused-ring (bicyclic) bond motifs is 1. The zero-order chi connectivity index (χ0) is 15.6. The molecule has 1 fully saturated rings. The molecule has 0 atom stereocenters. The second kappa shape index (κ2) is 6.01. The van der Waals surface area contributed by atoms with Crippen LogP contribution >= 0.6 is 0 Å². The topological polar surface area (TPSA) is 59.4 Å². The minimum Gasteiger partial charge on any atom is -0.381 e. The number of hydrogen-bond acceptors (Lipinski definition) is 3. The number of benzene rings is 1. The summed E-state index contributed by atoms with van der Waals surface area (Å²) in [6.07, 6.45) is 6.31. The molecule has 0 amide bonds. The summed E-state index contributed by atoms with van der Waals surface area (Å²) in [5.41, 5.74) is 2.61. The van der Waals surface area contributed by atoms with Gasteiger partial charge in [0.05, 0.1) is 6.20 Å². The van der Waals surface area contributed by atoms with E-state index >= 15 is 0 Å². The molecular formula is C18H19N3O2. The van der Waals surface area contributed by atoms with Gasteiger partial charge in [-0.25, -0.2) is 4.98 Å². The first-order valence-electron chi connectivity index (χ1n) is 8.02. The van der Waals surface area contributed by atoms with Crippen LogP contribution < -0.4 is 5.56 Å². The highest BCUT2D eigenvalue weighted by molar-refractivity contribution is 5.44. The van der Waals surface area contributed by atoms with Crippen LogP contribution in [0.5, 0.6) is 0 Å². The van der Waals surface area contributed by atoms with Crippen molar-refractivity contribution in [1.29, 1.82) is 0 Å². The van der Waals surface area contributed by atoms with Gasteiger partial charge in [0.25, 0.3) is 5.56 Å². The van der Waals surface area contributed by atoms with Crippen LogP contribution in [-0.4, -0.2) is 27.6 Å². The predicted molar refractivity (Wildman–Crippen MR) is 87.9 cm³/mol. The van der Waals surface area contributed by atoms with Gasteiger partial charge >= 0.3 is 0 Å². The van der Waals surface area contributed by atoms with Gasteiger partial charge in [-0.1, -0.05) is 30.3 Å². The summed E-state index contributed by atoms with van der Waals surface area (Å²) >= 11 is 0. The number of hydrogen-bond donors (Lipinski definition) is 1. The number of nitrogens with zero attached hydrogens (tertiary/aromatic N) is 2. The van der Waals surface area contributed by atoms with Gasteiger partial charge in [0.15, 0.2) is 0 Å². The Balaban J connectivity index is 1.74. The molecule has 0 aliphatic carbocycles. The van der Waals surface area contributed by atoms with Crippen LogP contribution in [0, 0.1) is 0 Å². The van der Waals surface area contributed by atoms with Gasteiger partial charge in [0.1, 0.15) is 11.3 Å². The lowest BCUT2D eigenvalue weighted by atomic mass is 9.99. The van der Waals surface area contributed by atoms with Crippen LogP contribution in [0.25, 0.3) is 5.52 Å². The molecule has 3 heterocycles. The van der Waals surface area contributed by atoms with Gasteiger partial charge < -0.3 is 9.72 Å². The Morgan fingerprint density at radius 2 is 2.00 bits per heavy atom. The Labute approximate surface area is 134 Å². The highest BCUT2D eigenvalue weighted by Crippen LogP contribution is 2.26. The number of aromatic amines is 1. The summed E-state index contributed by atoms with van der Waals surface area (Å²) in [6.45, 7) is 1.53. The van der Waals surface area contributed by atoms with Crippen molar-refractivity contribution in [2.45, 2.75) is 25.2 Å². The minimum absolute atomic E-state index is 0.0794. The molecule has 4 rings (SSSR count). The first kappa shape index (κ1) is 14.2. The SMILES string of the molecule is O=c1[nH]c(Cc2ccccc2)cn2c(C3CCOCC3)ncc12. The van der Waals surface area contributed by atoms with Gasteiger partial charge in [-0.05, 0) is 18.4 Å². The fourth-order valence-electron chi connectivity index (χ4n) is 3.24. The van der Waals surface area contributed by atoms with Crippen molar-refractivity contribution in [3.63, 3.8) is 0 Å². The Kier molecular flexibility index (Phi) is 3.71. The third-order valence-electron chi connectivity index (χ3n) is 4.44. The standard InChI is InChI=1S/C18H19N3O2/c22-18-16-11-19-17(14-6-8-23-9-7-14)21(16)12-15(20-18)10-13-4-2-1-3-5-13/h1-5,11-12,14H,6-10H2,(H,20,22). The normalized spacial score (nSPS) is 16.0. The van der Waals surface area contributed by atoms with Crippen molar-refractivity contribution in [3.05, 3.63) is 70.2 Å². The number of rotatable bonds is 3. The minimum atomic E-state index is -0.0794. The van der Waals surface area contributed by atoms with Crippen LogP contribution in [0.4, 0.5) is 0 Å². The fraction of sp³-hybridized carbons (Fsp3) is 0.333. The van der Waals surface area contributed by atoms with Crippen molar-refractivity contribution >= 4 is 5.52 Å². The predicted octanol–water partition coefficient (Wildman–Crippen LogP) is 2.51. The Morgan fingerprint density at radius 3 is 2.78 bits per heavy atom. The molecule has 0 radical (unpaired) electrons. The first-order chi connectivity index (χ1) is 11.3. The van der Waals surface area contributed by atoms with Gasteiger partial charge in [-0.15, -0.1) is 0 Å². The first-order valence-corrected chi connectivity index (χ1v) is 8.02. The summed E-state index contributed by atoms with van der Waals surface area (Å²) in [5, 5.41) is 0. The van der Waals surface area contributed by atoms with Crippen LogP contribution in [0.2, 0.25) is 0 Å². The monoisotopic (exact) mass is 309 g/mol. The zero-order valence-electron chi connectivity index (χ0n) is 12.9. The maximum atomic E-state index is 12.3. The number of nitrogens with one attached hydrogen (secondary N) is 1. The summed E-state index contributed by atoms with van der Waals surface area (Å²) in [7, 11) is 0. The molecule has 0 bridgehead atoms. The van der Waals surface area contributed by atoms with E-state index < -0.39 is 0 Å². The molecule has 118 valence electrons. The quantitative estimate of drug-likeness (QED) is 0.808. The van der Waals surface area contributed by atoms with Crippen molar-refractivity contribution in [1.82, 2.24) is 14.4 Å². The zero-order valence-corrected chi connectivity index (χ0v) is 12.9. The van der Waals surface area contributed by atoms with E-state index in [9.17, 15) is 4.79 Å². The summed E-state index contributed by atoms with van der Waals surface area (Å²) in [4.78, 5) is 19.8. The average molecular weight is 309 g/mol. The van der Waals surface area contributed by atoms with E-state index in [2.05, 4.69) is 22.1 Å². The molecule has 0 unspecified atom stereocenters. The smallest absolute Gasteiger partial charge is 0.274 e. The van der Waals surface area contributed by atoms with Crippen molar-refractivity contribution in [2.75, 3.05) is 13.2 Å². The van der Waals surface area contributed by atoms with Crippen molar-refractivity contribution in [2.24, 2.45) is 0 Å². The van der Waals surface area contributed by atoms with Gasteiger partial charge in [-0.3, -0.25) is 9.20 Å². The molecule has 1 N–H and O–H groups in total. The van der Waals surface area contributed by atoms with Crippen LogP contribution in [-0.2, 0) is 11.2 Å². The second-order valence-electron chi connectivity index (χ2n) is 6.03. The van der Waals surface area contributed by atoms with Crippen LogP contribution in [0.3, 0.4) is 0 Å². The third-order valence-corrected chi connectivity index (χ3v) is 4.44. The lowest BCUT2D eigenvalue weighted by Gasteiger charge is -2.21. The molecule has 5 nitrogen and oxygen atoms in total. The third kappa shape index (κ3) is 2.80. The molecule has 0 saturated carbocycles. The number of aromatic nitrogens is 3. The van der Waals surface area contributed by atoms with Crippen molar-refractivity contribution in [3.8, 4) is 0 Å².